The molecule has 4 nitrogen and oxygen atoms in total. The number of aryl methyl sites for hydroxylation is 1. The summed E-state index contributed by atoms with van der Waals surface area (Å²) in [7, 11) is 0. The van der Waals surface area contributed by atoms with Gasteiger partial charge in [-0.3, -0.25) is 4.79 Å². The quantitative estimate of drug-likeness (QED) is 0.800. The van der Waals surface area contributed by atoms with E-state index in [1.807, 2.05) is 13.0 Å². The molecule has 0 spiro atoms. The first-order chi connectivity index (χ1) is 12.3. The second kappa shape index (κ2) is 7.50. The smallest absolute Gasteiger partial charge is 0.217 e. The third kappa shape index (κ3) is 4.85. The number of nitrogens with one attached hydrogen (secondary N) is 1. The highest BCUT2D eigenvalue weighted by Crippen LogP contribution is 2.34. The van der Waals surface area contributed by atoms with Gasteiger partial charge in [-0.1, -0.05) is 30.3 Å². The van der Waals surface area contributed by atoms with Gasteiger partial charge < -0.3 is 15.8 Å². The number of hydrogen-bond donors (Lipinski definition) is 2. The highest BCUT2D eigenvalue weighted by Gasteiger charge is 2.39. The third-order valence-corrected chi connectivity index (χ3v) is 4.86. The molecule has 0 bridgehead atoms. The van der Waals surface area contributed by atoms with Crippen LogP contribution in [0.25, 0.3) is 11.1 Å². The maximum atomic E-state index is 11.1. The lowest BCUT2D eigenvalue weighted by Gasteiger charge is -2.15. The zero-order chi connectivity index (χ0) is 18.7. The van der Waals surface area contributed by atoms with Crippen LogP contribution in [-0.2, 0) is 11.2 Å². The van der Waals surface area contributed by atoms with Crippen molar-refractivity contribution in [3.8, 4) is 16.9 Å². The van der Waals surface area contributed by atoms with Crippen molar-refractivity contribution < 1.29 is 9.53 Å². The van der Waals surface area contributed by atoms with Gasteiger partial charge in [-0.05, 0) is 67.5 Å². The van der Waals surface area contributed by atoms with Gasteiger partial charge in [-0.25, -0.2) is 0 Å². The van der Waals surface area contributed by atoms with E-state index in [0.29, 0.717) is 6.61 Å². The molecule has 0 aromatic heterocycles. The van der Waals surface area contributed by atoms with Crippen molar-refractivity contribution in [2.24, 2.45) is 5.73 Å². The summed E-state index contributed by atoms with van der Waals surface area (Å²) in [6.45, 7) is 6.23. The van der Waals surface area contributed by atoms with Crippen LogP contribution in [0.2, 0.25) is 0 Å². The average Bonchev–Trinajstić information content (AvgIpc) is 3.31. The zero-order valence-corrected chi connectivity index (χ0v) is 15.8. The molecular weight excluding hydrogens is 324 g/mol. The Morgan fingerprint density at radius 2 is 1.85 bits per heavy atom. The van der Waals surface area contributed by atoms with Crippen molar-refractivity contribution in [1.82, 2.24) is 5.32 Å². The van der Waals surface area contributed by atoms with E-state index in [9.17, 15) is 4.79 Å². The largest absolute Gasteiger partial charge is 0.491 e. The highest BCUT2D eigenvalue weighted by molar-refractivity contribution is 5.73. The van der Waals surface area contributed by atoms with Crippen molar-refractivity contribution in [2.45, 2.75) is 51.6 Å². The van der Waals surface area contributed by atoms with Crippen LogP contribution in [0.3, 0.4) is 0 Å². The number of carbonyl (C=O) groups excluding carboxylic acids is 1. The van der Waals surface area contributed by atoms with E-state index in [0.717, 1.165) is 30.6 Å². The van der Waals surface area contributed by atoms with E-state index in [1.54, 1.807) is 6.92 Å². The Morgan fingerprint density at radius 3 is 2.42 bits per heavy atom. The van der Waals surface area contributed by atoms with Crippen LogP contribution in [0.5, 0.6) is 5.75 Å². The van der Waals surface area contributed by atoms with Crippen LogP contribution in [0.4, 0.5) is 0 Å². The molecule has 2 aromatic rings. The highest BCUT2D eigenvalue weighted by atomic mass is 16.5. The Balaban J connectivity index is 1.65. The fourth-order valence-electron chi connectivity index (χ4n) is 3.10. The number of benzene rings is 2. The van der Waals surface area contributed by atoms with Gasteiger partial charge in [0.15, 0.2) is 0 Å². The van der Waals surface area contributed by atoms with Crippen LogP contribution in [0.15, 0.2) is 42.5 Å². The molecule has 1 aliphatic carbocycles. The van der Waals surface area contributed by atoms with Crippen molar-refractivity contribution in [1.29, 1.82) is 0 Å². The van der Waals surface area contributed by atoms with E-state index >= 15 is 0 Å². The Labute approximate surface area is 155 Å². The van der Waals surface area contributed by atoms with E-state index in [1.165, 1.54) is 16.7 Å². The van der Waals surface area contributed by atoms with Gasteiger partial charge in [0.05, 0.1) is 5.54 Å². The molecule has 1 fully saturated rings. The number of rotatable bonds is 7. The first-order valence-electron chi connectivity index (χ1n) is 9.23. The van der Waals surface area contributed by atoms with Gasteiger partial charge >= 0.3 is 0 Å². The third-order valence-electron chi connectivity index (χ3n) is 4.86. The van der Waals surface area contributed by atoms with E-state index in [2.05, 4.69) is 48.6 Å². The summed E-state index contributed by atoms with van der Waals surface area (Å²) >= 11 is 0. The van der Waals surface area contributed by atoms with Crippen LogP contribution in [-0.4, -0.2) is 24.1 Å². The minimum Gasteiger partial charge on any atom is -0.491 e. The molecule has 26 heavy (non-hydrogen) atoms. The maximum Gasteiger partial charge on any atom is 0.217 e. The lowest BCUT2D eigenvalue weighted by molar-refractivity contribution is -0.119. The monoisotopic (exact) mass is 352 g/mol. The zero-order valence-electron chi connectivity index (χ0n) is 15.8. The van der Waals surface area contributed by atoms with Gasteiger partial charge in [0.25, 0.3) is 0 Å². The Bertz CT molecular complexity index is 779. The van der Waals surface area contributed by atoms with Gasteiger partial charge in [0.1, 0.15) is 12.4 Å². The normalized spacial score (nSPS) is 16.0. The molecule has 2 aromatic carbocycles. The minimum absolute atomic E-state index is 0.00847. The van der Waals surface area contributed by atoms with Crippen molar-refractivity contribution in [3.63, 3.8) is 0 Å². The molecule has 1 atom stereocenters. The molecule has 3 rings (SSSR count). The van der Waals surface area contributed by atoms with E-state index in [4.69, 9.17) is 10.5 Å². The molecule has 138 valence electrons. The van der Waals surface area contributed by atoms with Crippen molar-refractivity contribution in [3.05, 3.63) is 53.6 Å². The Hall–Kier alpha value is -2.33. The number of carbonyl (C=O) groups is 1. The summed E-state index contributed by atoms with van der Waals surface area (Å²) in [5.41, 5.74) is 10.7. The molecule has 0 heterocycles. The summed E-state index contributed by atoms with van der Waals surface area (Å²) in [5.74, 6) is 0.917. The summed E-state index contributed by atoms with van der Waals surface area (Å²) in [6.07, 6.45) is 2.93. The molecule has 1 saturated carbocycles. The standard InChI is InChI=1S/C22H28N2O2/c1-15-12-20(8-9-21(15)26-14-22(23)10-11-22)19-6-4-18(5-7-19)13-16(2)24-17(3)25/h4-9,12,16H,10-11,13-14,23H2,1-3H3,(H,24,25). The SMILES string of the molecule is CC(=O)NC(C)Cc1ccc(-c2ccc(OCC3(N)CC3)c(C)c2)cc1. The van der Waals surface area contributed by atoms with Gasteiger partial charge in [0, 0.05) is 13.0 Å². The molecule has 1 amide bonds. The van der Waals surface area contributed by atoms with Crippen LogP contribution < -0.4 is 15.8 Å². The first kappa shape index (κ1) is 18.5. The fourth-order valence-corrected chi connectivity index (χ4v) is 3.10. The van der Waals surface area contributed by atoms with Crippen LogP contribution in [0, 0.1) is 6.92 Å². The number of ether oxygens (including phenoxy) is 1. The number of amides is 1. The fraction of sp³-hybridized carbons (Fsp3) is 0.409. The van der Waals surface area contributed by atoms with Crippen LogP contribution in [0.1, 0.15) is 37.8 Å². The number of hydrogen-bond acceptors (Lipinski definition) is 3. The molecule has 1 unspecified atom stereocenters. The Morgan fingerprint density at radius 1 is 1.19 bits per heavy atom. The molecular formula is C22H28N2O2. The molecule has 0 saturated heterocycles. The minimum atomic E-state index is -0.102. The van der Waals surface area contributed by atoms with Crippen molar-refractivity contribution >= 4 is 5.91 Å². The summed E-state index contributed by atoms with van der Waals surface area (Å²) < 4.78 is 5.89. The van der Waals surface area contributed by atoms with Gasteiger partial charge in [-0.2, -0.15) is 0 Å². The van der Waals surface area contributed by atoms with Gasteiger partial charge in [0.2, 0.25) is 5.91 Å². The van der Waals surface area contributed by atoms with Crippen molar-refractivity contribution in [2.75, 3.05) is 6.61 Å². The second-order valence-corrected chi connectivity index (χ2v) is 7.63. The summed E-state index contributed by atoms with van der Waals surface area (Å²) in [5, 5.41) is 2.92. The van der Waals surface area contributed by atoms with Crippen LogP contribution >= 0.6 is 0 Å². The maximum absolute atomic E-state index is 11.1. The topological polar surface area (TPSA) is 64.3 Å². The molecule has 0 radical (unpaired) electrons. The second-order valence-electron chi connectivity index (χ2n) is 7.63. The van der Waals surface area contributed by atoms with E-state index in [-0.39, 0.29) is 17.5 Å². The molecule has 4 heteroatoms. The summed E-state index contributed by atoms with van der Waals surface area (Å²) in [4.78, 5) is 11.1. The van der Waals surface area contributed by atoms with E-state index < -0.39 is 0 Å². The van der Waals surface area contributed by atoms with Gasteiger partial charge in [-0.15, -0.1) is 0 Å². The molecule has 3 N–H and O–H groups in total. The molecule has 0 aliphatic heterocycles. The number of nitrogens with two attached hydrogens (primary N) is 1. The molecule has 1 aliphatic rings. The lowest BCUT2D eigenvalue weighted by Crippen LogP contribution is -2.31. The predicted octanol–water partition coefficient (Wildman–Crippen LogP) is 3.60. The summed E-state index contributed by atoms with van der Waals surface area (Å²) in [6, 6.07) is 14.9. The first-order valence-corrected chi connectivity index (χ1v) is 9.23. The average molecular weight is 352 g/mol. The predicted molar refractivity (Wildman–Crippen MR) is 105 cm³/mol. The lowest BCUT2D eigenvalue weighted by atomic mass is 9.99. The Kier molecular flexibility index (Phi) is 5.33.